The van der Waals surface area contributed by atoms with Gasteiger partial charge in [-0.15, -0.1) is 0 Å². The Bertz CT molecular complexity index is 882. The van der Waals surface area contributed by atoms with Gasteiger partial charge in [0.15, 0.2) is 11.4 Å². The Morgan fingerprint density at radius 2 is 2.17 bits per heavy atom. The molecule has 3 heterocycles. The fourth-order valence-corrected chi connectivity index (χ4v) is 3.25. The van der Waals surface area contributed by atoms with Crippen LogP contribution < -0.4 is 21.1 Å². The standard InChI is InChI=1S/C16H19N5O2.H2S/c1-22-10-5-2-6-11-12(10)13-14(23-11)15(20-16(18)19-13)21-7-3-4-9(17)8-21;/h2,5-6,9H,3-4,7-8,17H2,1H3,(H2,18,19,20);1H2/t9-;/m0./s1. The number of nitrogens with zero attached hydrogens (tertiary/aromatic N) is 3. The third-order valence-electron chi connectivity index (χ3n) is 4.28. The summed E-state index contributed by atoms with van der Waals surface area (Å²) in [5, 5.41) is 0.821. The molecule has 0 unspecified atom stereocenters. The van der Waals surface area contributed by atoms with Gasteiger partial charge in [-0.3, -0.25) is 0 Å². The molecule has 8 heteroatoms. The fourth-order valence-electron chi connectivity index (χ4n) is 3.25. The minimum absolute atomic E-state index is 0. The highest BCUT2D eigenvalue weighted by Gasteiger charge is 2.24. The Morgan fingerprint density at radius 1 is 1.33 bits per heavy atom. The number of nitrogens with two attached hydrogens (primary N) is 2. The number of piperidine rings is 1. The summed E-state index contributed by atoms with van der Waals surface area (Å²) in [4.78, 5) is 10.9. The van der Waals surface area contributed by atoms with Gasteiger partial charge in [-0.05, 0) is 25.0 Å². The number of aromatic nitrogens is 2. The average molecular weight is 347 g/mol. The van der Waals surface area contributed by atoms with E-state index in [0.717, 1.165) is 31.3 Å². The summed E-state index contributed by atoms with van der Waals surface area (Å²) in [7, 11) is 1.63. The van der Waals surface area contributed by atoms with Crippen molar-refractivity contribution in [1.29, 1.82) is 0 Å². The predicted molar refractivity (Wildman–Crippen MR) is 100 cm³/mol. The molecule has 0 saturated carbocycles. The molecular formula is C16H21N5O2S. The number of hydrogen-bond acceptors (Lipinski definition) is 7. The van der Waals surface area contributed by atoms with Gasteiger partial charge in [-0.2, -0.15) is 18.5 Å². The Labute approximate surface area is 146 Å². The average Bonchev–Trinajstić information content (AvgIpc) is 2.92. The maximum absolute atomic E-state index is 6.10. The molecule has 128 valence electrons. The van der Waals surface area contributed by atoms with Crippen LogP contribution in [0.1, 0.15) is 12.8 Å². The quantitative estimate of drug-likeness (QED) is 0.731. The number of hydrogen-bond donors (Lipinski definition) is 2. The zero-order chi connectivity index (χ0) is 16.0. The molecule has 3 aromatic rings. The molecule has 0 radical (unpaired) electrons. The third kappa shape index (κ3) is 2.61. The molecular weight excluding hydrogens is 326 g/mol. The first-order valence-electron chi connectivity index (χ1n) is 7.70. The Kier molecular flexibility index (Phi) is 4.42. The Hall–Kier alpha value is -2.19. The van der Waals surface area contributed by atoms with Gasteiger partial charge < -0.3 is 25.5 Å². The number of anilines is 2. The second-order valence-electron chi connectivity index (χ2n) is 5.87. The first kappa shape index (κ1) is 16.7. The van der Waals surface area contributed by atoms with Crippen LogP contribution in [0.4, 0.5) is 11.8 Å². The van der Waals surface area contributed by atoms with Crippen molar-refractivity contribution in [1.82, 2.24) is 9.97 Å². The largest absolute Gasteiger partial charge is 0.496 e. The SMILES string of the molecule is COc1cccc2oc3c(N4CCC[C@H](N)C4)nc(N)nc3c12.S. The van der Waals surface area contributed by atoms with Crippen molar-refractivity contribution < 1.29 is 9.15 Å². The van der Waals surface area contributed by atoms with Gasteiger partial charge in [0.1, 0.15) is 16.8 Å². The van der Waals surface area contributed by atoms with Crippen molar-refractivity contribution in [2.45, 2.75) is 18.9 Å². The molecule has 0 bridgehead atoms. The van der Waals surface area contributed by atoms with Gasteiger partial charge >= 0.3 is 0 Å². The second kappa shape index (κ2) is 6.37. The van der Waals surface area contributed by atoms with E-state index < -0.39 is 0 Å². The normalized spacial score (nSPS) is 17.9. The van der Waals surface area contributed by atoms with E-state index in [2.05, 4.69) is 14.9 Å². The zero-order valence-corrected chi connectivity index (χ0v) is 14.5. The van der Waals surface area contributed by atoms with Crippen LogP contribution in [0.2, 0.25) is 0 Å². The van der Waals surface area contributed by atoms with Gasteiger partial charge in [0.2, 0.25) is 5.95 Å². The van der Waals surface area contributed by atoms with Crippen LogP contribution in [-0.4, -0.2) is 36.2 Å². The van der Waals surface area contributed by atoms with E-state index in [1.54, 1.807) is 7.11 Å². The zero-order valence-electron chi connectivity index (χ0n) is 13.5. The number of furan rings is 1. The summed E-state index contributed by atoms with van der Waals surface area (Å²) in [6, 6.07) is 5.79. The van der Waals surface area contributed by atoms with E-state index in [1.165, 1.54) is 0 Å². The van der Waals surface area contributed by atoms with Gasteiger partial charge in [0.25, 0.3) is 0 Å². The van der Waals surface area contributed by atoms with E-state index in [-0.39, 0.29) is 25.5 Å². The number of methoxy groups -OCH3 is 1. The summed E-state index contributed by atoms with van der Waals surface area (Å²) in [5.41, 5.74) is 14.1. The van der Waals surface area contributed by atoms with E-state index in [4.69, 9.17) is 20.6 Å². The van der Waals surface area contributed by atoms with Gasteiger partial charge in [0, 0.05) is 19.1 Å². The highest BCUT2D eigenvalue weighted by Crippen LogP contribution is 2.38. The topological polar surface area (TPSA) is 103 Å². The highest BCUT2D eigenvalue weighted by molar-refractivity contribution is 7.59. The lowest BCUT2D eigenvalue weighted by molar-refractivity contribution is 0.420. The Balaban J connectivity index is 0.00000169. The lowest BCUT2D eigenvalue weighted by atomic mass is 10.1. The summed E-state index contributed by atoms with van der Waals surface area (Å²) in [5.74, 6) is 1.64. The number of ether oxygens (including phenoxy) is 1. The summed E-state index contributed by atoms with van der Waals surface area (Å²) in [6.45, 7) is 1.62. The van der Waals surface area contributed by atoms with E-state index in [1.807, 2.05) is 18.2 Å². The van der Waals surface area contributed by atoms with Crippen LogP contribution in [0.5, 0.6) is 5.75 Å². The van der Waals surface area contributed by atoms with Crippen LogP contribution in [0.15, 0.2) is 22.6 Å². The minimum Gasteiger partial charge on any atom is -0.496 e. The van der Waals surface area contributed by atoms with Crippen molar-refractivity contribution in [3.63, 3.8) is 0 Å². The molecule has 1 saturated heterocycles. The maximum atomic E-state index is 6.10. The van der Waals surface area contributed by atoms with Crippen LogP contribution in [0, 0.1) is 0 Å². The smallest absolute Gasteiger partial charge is 0.222 e. The molecule has 7 nitrogen and oxygen atoms in total. The van der Waals surface area contributed by atoms with E-state index >= 15 is 0 Å². The van der Waals surface area contributed by atoms with Gasteiger partial charge in [-0.25, -0.2) is 4.98 Å². The van der Waals surface area contributed by atoms with Crippen LogP contribution in [0.3, 0.4) is 0 Å². The first-order chi connectivity index (χ1) is 11.2. The summed E-state index contributed by atoms with van der Waals surface area (Å²) < 4.78 is 11.5. The monoisotopic (exact) mass is 347 g/mol. The van der Waals surface area contributed by atoms with Crippen LogP contribution >= 0.6 is 13.5 Å². The van der Waals surface area contributed by atoms with E-state index in [9.17, 15) is 0 Å². The third-order valence-corrected chi connectivity index (χ3v) is 4.28. The van der Waals surface area contributed by atoms with Crippen molar-refractivity contribution in [2.24, 2.45) is 5.73 Å². The van der Waals surface area contributed by atoms with E-state index in [0.29, 0.717) is 28.3 Å². The molecule has 1 fully saturated rings. The molecule has 4 rings (SSSR count). The number of fused-ring (bicyclic) bond motifs is 3. The fraction of sp³-hybridized carbons (Fsp3) is 0.375. The molecule has 0 aliphatic carbocycles. The van der Waals surface area contributed by atoms with Crippen molar-refractivity contribution in [2.75, 3.05) is 30.8 Å². The highest BCUT2D eigenvalue weighted by atomic mass is 32.1. The second-order valence-corrected chi connectivity index (χ2v) is 5.87. The number of nitrogen functional groups attached to an aromatic ring is 1. The molecule has 1 aliphatic heterocycles. The van der Waals surface area contributed by atoms with Gasteiger partial charge in [0.05, 0.1) is 12.5 Å². The predicted octanol–water partition coefficient (Wildman–Crippen LogP) is 2.01. The lowest BCUT2D eigenvalue weighted by Crippen LogP contribution is -2.43. The molecule has 24 heavy (non-hydrogen) atoms. The molecule has 1 aliphatic rings. The van der Waals surface area contributed by atoms with Crippen molar-refractivity contribution in [3.8, 4) is 5.75 Å². The molecule has 1 aromatic carbocycles. The minimum atomic E-state index is 0. The van der Waals surface area contributed by atoms with Crippen molar-refractivity contribution >= 4 is 47.3 Å². The lowest BCUT2D eigenvalue weighted by Gasteiger charge is -2.31. The summed E-state index contributed by atoms with van der Waals surface area (Å²) >= 11 is 0. The Morgan fingerprint density at radius 3 is 2.92 bits per heavy atom. The summed E-state index contributed by atoms with van der Waals surface area (Å²) in [6.07, 6.45) is 2.05. The number of benzene rings is 1. The van der Waals surface area contributed by atoms with Crippen LogP contribution in [0.25, 0.3) is 22.1 Å². The molecule has 1 atom stereocenters. The number of rotatable bonds is 2. The first-order valence-corrected chi connectivity index (χ1v) is 7.70. The molecule has 4 N–H and O–H groups in total. The maximum Gasteiger partial charge on any atom is 0.222 e. The van der Waals surface area contributed by atoms with Crippen molar-refractivity contribution in [3.05, 3.63) is 18.2 Å². The van der Waals surface area contributed by atoms with Crippen LogP contribution in [-0.2, 0) is 0 Å². The molecule has 0 spiro atoms. The van der Waals surface area contributed by atoms with Gasteiger partial charge in [-0.1, -0.05) is 6.07 Å². The molecule has 2 aromatic heterocycles. The molecule has 0 amide bonds.